The molecule has 0 bridgehead atoms. The van der Waals surface area contributed by atoms with Crippen LogP contribution in [-0.4, -0.2) is 56.2 Å². The summed E-state index contributed by atoms with van der Waals surface area (Å²) in [4.78, 5) is 16.2. The Kier molecular flexibility index (Phi) is 7.03. The number of halogens is 1. The van der Waals surface area contributed by atoms with E-state index in [-0.39, 0.29) is 11.7 Å². The number of nitrogens with one attached hydrogen (secondary N) is 1. The van der Waals surface area contributed by atoms with E-state index >= 15 is 0 Å². The van der Waals surface area contributed by atoms with Crippen molar-refractivity contribution in [2.75, 3.05) is 34.3 Å². The van der Waals surface area contributed by atoms with Crippen LogP contribution < -0.4 is 10.1 Å². The maximum Gasteiger partial charge on any atom is 0.254 e. The number of benzene rings is 1. The van der Waals surface area contributed by atoms with Crippen molar-refractivity contribution in [3.8, 4) is 5.75 Å². The number of ether oxygens (including phenoxy) is 1. The van der Waals surface area contributed by atoms with Gasteiger partial charge < -0.3 is 15.0 Å². The van der Waals surface area contributed by atoms with Crippen LogP contribution in [0.5, 0.6) is 5.75 Å². The molecule has 23 heavy (non-hydrogen) atoms. The van der Waals surface area contributed by atoms with Crippen molar-refractivity contribution in [2.24, 2.45) is 0 Å². The second-order valence-corrected chi connectivity index (χ2v) is 5.57. The van der Waals surface area contributed by atoms with E-state index in [4.69, 9.17) is 4.74 Å². The van der Waals surface area contributed by atoms with Crippen LogP contribution in [0.15, 0.2) is 24.9 Å². The van der Waals surface area contributed by atoms with Crippen LogP contribution in [0.1, 0.15) is 22.8 Å². The molecule has 0 radical (unpaired) electrons. The van der Waals surface area contributed by atoms with E-state index in [1.54, 1.807) is 13.1 Å². The van der Waals surface area contributed by atoms with Gasteiger partial charge in [0, 0.05) is 13.1 Å². The van der Waals surface area contributed by atoms with Crippen LogP contribution >= 0.6 is 0 Å². The topological polar surface area (TPSA) is 44.8 Å². The Morgan fingerprint density at radius 2 is 2.13 bits per heavy atom. The summed E-state index contributed by atoms with van der Waals surface area (Å²) < 4.78 is 19.1. The number of methoxy groups -OCH3 is 1. The van der Waals surface area contributed by atoms with Gasteiger partial charge in [0.15, 0.2) is 0 Å². The number of hydrogen-bond acceptors (Lipinski definition) is 4. The summed E-state index contributed by atoms with van der Waals surface area (Å²) in [6, 6.07) is 2.73. The first-order valence-corrected chi connectivity index (χ1v) is 7.48. The van der Waals surface area contributed by atoms with Crippen LogP contribution in [0.2, 0.25) is 0 Å². The third-order valence-corrected chi connectivity index (χ3v) is 3.85. The molecule has 0 saturated carbocycles. The Labute approximate surface area is 137 Å². The molecule has 0 fully saturated rings. The minimum absolute atomic E-state index is 0.0155. The lowest BCUT2D eigenvalue weighted by molar-refractivity contribution is 0.0933. The average molecular weight is 323 g/mol. The molecule has 0 aromatic heterocycles. The third-order valence-electron chi connectivity index (χ3n) is 3.85. The Bertz CT molecular complexity index is 561. The number of amides is 1. The summed E-state index contributed by atoms with van der Waals surface area (Å²) >= 11 is 0. The van der Waals surface area contributed by atoms with Gasteiger partial charge in [-0.2, -0.15) is 0 Å². The molecule has 0 aliphatic rings. The maximum atomic E-state index is 14.0. The van der Waals surface area contributed by atoms with E-state index < -0.39 is 11.7 Å². The molecule has 0 aliphatic carbocycles. The molecule has 0 spiro atoms. The molecule has 5 nitrogen and oxygen atoms in total. The third kappa shape index (κ3) is 4.96. The van der Waals surface area contributed by atoms with Gasteiger partial charge in [-0.05, 0) is 51.8 Å². The quantitative estimate of drug-likeness (QED) is 0.745. The molecule has 1 atom stereocenters. The summed E-state index contributed by atoms with van der Waals surface area (Å²) in [5, 5.41) is 2.73. The van der Waals surface area contributed by atoms with E-state index in [0.29, 0.717) is 24.4 Å². The van der Waals surface area contributed by atoms with E-state index in [1.165, 1.54) is 19.2 Å². The molecule has 0 saturated heterocycles. The van der Waals surface area contributed by atoms with Crippen molar-refractivity contribution in [1.82, 2.24) is 15.1 Å². The van der Waals surface area contributed by atoms with Crippen LogP contribution in [0.3, 0.4) is 0 Å². The van der Waals surface area contributed by atoms with Gasteiger partial charge in [-0.15, -0.1) is 0 Å². The standard InChI is InChI=1S/C17H26FN3O2/c1-7-21(13(3)20(4)5)9-8-19-17(22)14-11-16(23-6)12(2)10-15(14)18/h7,10-11,13H,1,8-9H2,2-6H3,(H,19,22). The molecule has 1 aromatic rings. The fourth-order valence-corrected chi connectivity index (χ4v) is 2.17. The number of carbonyl (C=O) groups is 1. The zero-order valence-electron chi connectivity index (χ0n) is 14.5. The molecule has 6 heteroatoms. The molecule has 0 heterocycles. The van der Waals surface area contributed by atoms with Crippen LogP contribution in [0.4, 0.5) is 4.39 Å². The number of carbonyl (C=O) groups excluding carboxylic acids is 1. The first kappa shape index (κ1) is 19.0. The smallest absolute Gasteiger partial charge is 0.254 e. The second-order valence-electron chi connectivity index (χ2n) is 5.57. The fraction of sp³-hybridized carbons (Fsp3) is 0.471. The van der Waals surface area contributed by atoms with Crippen molar-refractivity contribution >= 4 is 5.91 Å². The summed E-state index contributed by atoms with van der Waals surface area (Å²) in [6.45, 7) is 8.51. The number of rotatable bonds is 8. The van der Waals surface area contributed by atoms with Gasteiger partial charge in [-0.3, -0.25) is 9.69 Å². The lowest BCUT2D eigenvalue weighted by atomic mass is 10.1. The summed E-state index contributed by atoms with van der Waals surface area (Å²) in [5.41, 5.74) is 0.637. The first-order chi connectivity index (χ1) is 10.8. The predicted octanol–water partition coefficient (Wildman–Crippen LogP) is 2.23. The maximum absolute atomic E-state index is 14.0. The lowest BCUT2D eigenvalue weighted by Gasteiger charge is -2.32. The Balaban J connectivity index is 2.69. The van der Waals surface area contributed by atoms with Crippen molar-refractivity contribution in [3.05, 3.63) is 41.9 Å². The van der Waals surface area contributed by atoms with Crippen molar-refractivity contribution < 1.29 is 13.9 Å². The van der Waals surface area contributed by atoms with Gasteiger partial charge in [-0.1, -0.05) is 6.58 Å². The summed E-state index contributed by atoms with van der Waals surface area (Å²) in [5.74, 6) is -0.518. The molecule has 1 aromatic carbocycles. The first-order valence-electron chi connectivity index (χ1n) is 7.48. The molecule has 1 amide bonds. The predicted molar refractivity (Wildman–Crippen MR) is 90.1 cm³/mol. The van der Waals surface area contributed by atoms with E-state index in [1.807, 2.05) is 30.8 Å². The number of aryl methyl sites for hydroxylation is 1. The fourth-order valence-electron chi connectivity index (χ4n) is 2.17. The highest BCUT2D eigenvalue weighted by atomic mass is 19.1. The van der Waals surface area contributed by atoms with E-state index in [2.05, 4.69) is 11.9 Å². The van der Waals surface area contributed by atoms with Crippen LogP contribution in [0.25, 0.3) is 0 Å². The van der Waals surface area contributed by atoms with Crippen LogP contribution in [0, 0.1) is 12.7 Å². The zero-order chi connectivity index (χ0) is 17.6. The molecular formula is C17H26FN3O2. The molecule has 128 valence electrons. The molecule has 1 rings (SSSR count). The Hall–Kier alpha value is -2.08. The molecule has 1 N–H and O–H groups in total. The SMILES string of the molecule is C=CN(CCNC(=O)c1cc(OC)c(C)cc1F)C(C)N(C)C. The Morgan fingerprint density at radius 1 is 1.48 bits per heavy atom. The van der Waals surface area contributed by atoms with Gasteiger partial charge in [0.2, 0.25) is 0 Å². The highest BCUT2D eigenvalue weighted by Gasteiger charge is 2.16. The van der Waals surface area contributed by atoms with Crippen molar-refractivity contribution in [1.29, 1.82) is 0 Å². The second kappa shape index (κ2) is 8.53. The molecular weight excluding hydrogens is 297 g/mol. The largest absolute Gasteiger partial charge is 0.496 e. The number of nitrogens with zero attached hydrogens (tertiary/aromatic N) is 2. The summed E-state index contributed by atoms with van der Waals surface area (Å²) in [6.07, 6.45) is 1.88. The lowest BCUT2D eigenvalue weighted by Crippen LogP contribution is -2.43. The zero-order valence-corrected chi connectivity index (χ0v) is 14.5. The van der Waals surface area contributed by atoms with Crippen molar-refractivity contribution in [2.45, 2.75) is 20.0 Å². The minimum atomic E-state index is -0.553. The van der Waals surface area contributed by atoms with Gasteiger partial charge in [0.1, 0.15) is 11.6 Å². The van der Waals surface area contributed by atoms with Crippen LogP contribution in [-0.2, 0) is 0 Å². The molecule has 0 aliphatic heterocycles. The average Bonchev–Trinajstić information content (AvgIpc) is 2.50. The minimum Gasteiger partial charge on any atom is -0.496 e. The normalized spacial score (nSPS) is 12.0. The van der Waals surface area contributed by atoms with Gasteiger partial charge in [0.05, 0.1) is 18.8 Å². The molecule has 1 unspecified atom stereocenters. The van der Waals surface area contributed by atoms with E-state index in [9.17, 15) is 9.18 Å². The monoisotopic (exact) mass is 323 g/mol. The highest BCUT2D eigenvalue weighted by Crippen LogP contribution is 2.21. The summed E-state index contributed by atoms with van der Waals surface area (Å²) in [7, 11) is 5.42. The van der Waals surface area contributed by atoms with E-state index in [0.717, 1.165) is 0 Å². The van der Waals surface area contributed by atoms with Gasteiger partial charge in [-0.25, -0.2) is 4.39 Å². The van der Waals surface area contributed by atoms with Gasteiger partial charge in [0.25, 0.3) is 5.91 Å². The van der Waals surface area contributed by atoms with Gasteiger partial charge >= 0.3 is 0 Å². The highest BCUT2D eigenvalue weighted by molar-refractivity contribution is 5.95. The van der Waals surface area contributed by atoms with Crippen molar-refractivity contribution in [3.63, 3.8) is 0 Å². The Morgan fingerprint density at radius 3 is 2.65 bits per heavy atom. The number of hydrogen-bond donors (Lipinski definition) is 1.